The standard InChI is InChI=1S/C18H17N3O4/c22-17(12-23-9-10-24-16-7-2-1-3-8-16)20-15-6-4-5-14(11-15)18-21-19-13-25-18/h1-8,11,13H,9-10,12H2,(H,20,22). The lowest BCUT2D eigenvalue weighted by Crippen LogP contribution is -2.20. The van der Waals surface area contributed by atoms with Gasteiger partial charge in [0.05, 0.1) is 6.61 Å². The molecule has 7 heteroatoms. The van der Waals surface area contributed by atoms with Gasteiger partial charge in [0.25, 0.3) is 0 Å². The van der Waals surface area contributed by atoms with E-state index in [-0.39, 0.29) is 12.5 Å². The van der Waals surface area contributed by atoms with Crippen LogP contribution in [-0.4, -0.2) is 35.9 Å². The number of nitrogens with one attached hydrogen (secondary N) is 1. The Hall–Kier alpha value is -3.19. The maximum Gasteiger partial charge on any atom is 0.250 e. The number of nitrogens with zero attached hydrogens (tertiary/aromatic N) is 2. The molecule has 0 fully saturated rings. The molecule has 1 N–H and O–H groups in total. The number of benzene rings is 2. The SMILES string of the molecule is O=C(COCCOc1ccccc1)Nc1cccc(-c2nnco2)c1. The van der Waals surface area contributed by atoms with Crippen LogP contribution < -0.4 is 10.1 Å². The lowest BCUT2D eigenvalue weighted by atomic mass is 10.2. The lowest BCUT2D eigenvalue weighted by molar-refractivity contribution is -0.120. The summed E-state index contributed by atoms with van der Waals surface area (Å²) < 4.78 is 15.9. The quantitative estimate of drug-likeness (QED) is 0.635. The second-order valence-corrected chi connectivity index (χ2v) is 5.09. The Morgan fingerprint density at radius 3 is 2.76 bits per heavy atom. The molecule has 0 aliphatic heterocycles. The Balaban J connectivity index is 1.40. The number of hydrogen-bond donors (Lipinski definition) is 1. The summed E-state index contributed by atoms with van der Waals surface area (Å²) in [6, 6.07) is 16.6. The summed E-state index contributed by atoms with van der Waals surface area (Å²) in [5.74, 6) is 0.918. The number of carbonyl (C=O) groups excluding carboxylic acids is 1. The van der Waals surface area contributed by atoms with Crippen LogP contribution in [0.3, 0.4) is 0 Å². The van der Waals surface area contributed by atoms with Crippen molar-refractivity contribution in [3.05, 3.63) is 61.0 Å². The summed E-state index contributed by atoms with van der Waals surface area (Å²) in [6.45, 7) is 0.650. The summed E-state index contributed by atoms with van der Waals surface area (Å²) in [5, 5.41) is 10.2. The van der Waals surface area contributed by atoms with Crippen molar-refractivity contribution in [1.82, 2.24) is 10.2 Å². The molecule has 0 saturated heterocycles. The van der Waals surface area contributed by atoms with Gasteiger partial charge < -0.3 is 19.2 Å². The largest absolute Gasteiger partial charge is 0.491 e. The Morgan fingerprint density at radius 1 is 1.08 bits per heavy atom. The van der Waals surface area contributed by atoms with E-state index in [1.807, 2.05) is 36.4 Å². The van der Waals surface area contributed by atoms with Gasteiger partial charge >= 0.3 is 0 Å². The zero-order valence-electron chi connectivity index (χ0n) is 13.4. The van der Waals surface area contributed by atoms with Crippen molar-refractivity contribution in [3.8, 4) is 17.2 Å². The number of para-hydroxylation sites is 1. The number of aromatic nitrogens is 2. The van der Waals surface area contributed by atoms with Crippen LogP contribution in [0.5, 0.6) is 5.75 Å². The second kappa shape index (κ2) is 8.60. The number of rotatable bonds is 8. The normalized spacial score (nSPS) is 10.4. The molecule has 3 aromatic rings. The van der Waals surface area contributed by atoms with Gasteiger partial charge in [-0.1, -0.05) is 24.3 Å². The Kier molecular flexibility index (Phi) is 5.73. The average molecular weight is 339 g/mol. The molecule has 1 amide bonds. The van der Waals surface area contributed by atoms with Crippen molar-refractivity contribution in [2.24, 2.45) is 0 Å². The first-order valence-corrected chi connectivity index (χ1v) is 7.73. The molecule has 0 aliphatic rings. The van der Waals surface area contributed by atoms with Gasteiger partial charge in [-0.2, -0.15) is 0 Å². The molecule has 0 saturated carbocycles. The van der Waals surface area contributed by atoms with E-state index in [0.717, 1.165) is 11.3 Å². The van der Waals surface area contributed by atoms with Crippen LogP contribution >= 0.6 is 0 Å². The first-order chi connectivity index (χ1) is 12.3. The first kappa shape index (κ1) is 16.7. The van der Waals surface area contributed by atoms with E-state index in [2.05, 4.69) is 15.5 Å². The summed E-state index contributed by atoms with van der Waals surface area (Å²) in [5.41, 5.74) is 1.36. The van der Waals surface area contributed by atoms with Gasteiger partial charge in [-0.25, -0.2) is 0 Å². The molecule has 128 valence electrons. The third-order valence-electron chi connectivity index (χ3n) is 3.23. The lowest BCUT2D eigenvalue weighted by Gasteiger charge is -2.08. The predicted molar refractivity (Wildman–Crippen MR) is 91.1 cm³/mol. The molecular weight excluding hydrogens is 322 g/mol. The van der Waals surface area contributed by atoms with E-state index >= 15 is 0 Å². The van der Waals surface area contributed by atoms with Gasteiger partial charge in [-0.05, 0) is 30.3 Å². The minimum absolute atomic E-state index is 0.0526. The molecule has 0 atom stereocenters. The fourth-order valence-corrected chi connectivity index (χ4v) is 2.13. The van der Waals surface area contributed by atoms with Crippen molar-refractivity contribution >= 4 is 11.6 Å². The zero-order chi connectivity index (χ0) is 17.3. The number of carbonyl (C=O) groups is 1. The van der Waals surface area contributed by atoms with Crippen LogP contribution in [0, 0.1) is 0 Å². The molecule has 0 aliphatic carbocycles. The van der Waals surface area contributed by atoms with Crippen molar-refractivity contribution in [2.75, 3.05) is 25.1 Å². The second-order valence-electron chi connectivity index (χ2n) is 5.09. The average Bonchev–Trinajstić information content (AvgIpc) is 3.17. The van der Waals surface area contributed by atoms with E-state index in [0.29, 0.717) is 24.8 Å². The summed E-state index contributed by atoms with van der Waals surface area (Å²) >= 11 is 0. The summed E-state index contributed by atoms with van der Waals surface area (Å²) in [6.07, 6.45) is 1.26. The molecule has 7 nitrogen and oxygen atoms in total. The molecule has 0 unspecified atom stereocenters. The molecule has 0 bridgehead atoms. The van der Waals surface area contributed by atoms with Crippen molar-refractivity contribution in [1.29, 1.82) is 0 Å². The Labute approximate surface area is 144 Å². The molecular formula is C18H17N3O4. The van der Waals surface area contributed by atoms with E-state index in [1.165, 1.54) is 6.39 Å². The molecule has 1 aromatic heterocycles. The number of hydrogen-bond acceptors (Lipinski definition) is 6. The third kappa shape index (κ3) is 5.15. The van der Waals surface area contributed by atoms with Gasteiger partial charge in [-0.15, -0.1) is 10.2 Å². The van der Waals surface area contributed by atoms with Crippen LogP contribution in [0.25, 0.3) is 11.5 Å². The van der Waals surface area contributed by atoms with E-state index in [4.69, 9.17) is 13.9 Å². The molecule has 25 heavy (non-hydrogen) atoms. The van der Waals surface area contributed by atoms with E-state index in [1.54, 1.807) is 18.2 Å². The van der Waals surface area contributed by atoms with Crippen LogP contribution in [0.1, 0.15) is 0 Å². The predicted octanol–water partition coefficient (Wildman–Crippen LogP) is 2.77. The summed E-state index contributed by atoms with van der Waals surface area (Å²) in [4.78, 5) is 11.9. The molecule has 1 heterocycles. The van der Waals surface area contributed by atoms with Crippen molar-refractivity contribution < 1.29 is 18.7 Å². The third-order valence-corrected chi connectivity index (χ3v) is 3.23. The maximum atomic E-state index is 11.9. The van der Waals surface area contributed by atoms with E-state index < -0.39 is 0 Å². The highest BCUT2D eigenvalue weighted by atomic mass is 16.5. The fraction of sp³-hybridized carbons (Fsp3) is 0.167. The van der Waals surface area contributed by atoms with Gasteiger partial charge in [0.1, 0.15) is 19.0 Å². The van der Waals surface area contributed by atoms with Crippen molar-refractivity contribution in [2.45, 2.75) is 0 Å². The Bertz CT molecular complexity index is 791. The minimum Gasteiger partial charge on any atom is -0.491 e. The van der Waals surface area contributed by atoms with Gasteiger partial charge in [0.2, 0.25) is 18.2 Å². The monoisotopic (exact) mass is 339 g/mol. The maximum absolute atomic E-state index is 11.9. The fourth-order valence-electron chi connectivity index (χ4n) is 2.13. The van der Waals surface area contributed by atoms with Gasteiger partial charge in [0.15, 0.2) is 0 Å². The first-order valence-electron chi connectivity index (χ1n) is 7.73. The van der Waals surface area contributed by atoms with E-state index in [9.17, 15) is 4.79 Å². The van der Waals surface area contributed by atoms with Crippen LogP contribution in [0.4, 0.5) is 5.69 Å². The topological polar surface area (TPSA) is 86.5 Å². The number of amides is 1. The minimum atomic E-state index is -0.248. The van der Waals surface area contributed by atoms with Gasteiger partial charge in [-0.3, -0.25) is 4.79 Å². The number of ether oxygens (including phenoxy) is 2. The summed E-state index contributed by atoms with van der Waals surface area (Å²) in [7, 11) is 0. The highest BCUT2D eigenvalue weighted by Gasteiger charge is 2.07. The van der Waals surface area contributed by atoms with Crippen LogP contribution in [-0.2, 0) is 9.53 Å². The highest BCUT2D eigenvalue weighted by molar-refractivity contribution is 5.92. The Morgan fingerprint density at radius 2 is 1.96 bits per heavy atom. The molecule has 0 radical (unpaired) electrons. The smallest absolute Gasteiger partial charge is 0.250 e. The molecule has 0 spiro atoms. The van der Waals surface area contributed by atoms with Gasteiger partial charge in [0, 0.05) is 11.3 Å². The van der Waals surface area contributed by atoms with Crippen molar-refractivity contribution in [3.63, 3.8) is 0 Å². The zero-order valence-corrected chi connectivity index (χ0v) is 13.4. The number of anilines is 1. The van der Waals surface area contributed by atoms with Crippen LogP contribution in [0.15, 0.2) is 65.4 Å². The molecule has 2 aromatic carbocycles. The van der Waals surface area contributed by atoms with Crippen LogP contribution in [0.2, 0.25) is 0 Å². The molecule has 3 rings (SSSR count). The highest BCUT2D eigenvalue weighted by Crippen LogP contribution is 2.20.